The van der Waals surface area contributed by atoms with Crippen LogP contribution in [0.5, 0.6) is 0 Å². The summed E-state index contributed by atoms with van der Waals surface area (Å²) in [4.78, 5) is 12.4. The zero-order valence-electron chi connectivity index (χ0n) is 11.1. The zero-order chi connectivity index (χ0) is 13.8. The minimum Gasteiger partial charge on any atom is -0.361 e. The zero-order valence-corrected chi connectivity index (χ0v) is 11.1. The van der Waals surface area contributed by atoms with Gasteiger partial charge < -0.3 is 15.3 Å². The molecule has 0 fully saturated rings. The van der Waals surface area contributed by atoms with Crippen molar-refractivity contribution in [3.8, 4) is 0 Å². The van der Waals surface area contributed by atoms with E-state index in [0.29, 0.717) is 29.9 Å². The summed E-state index contributed by atoms with van der Waals surface area (Å²) in [6.45, 7) is 6.26. The maximum absolute atomic E-state index is 5.46. The number of nitrogens with one attached hydrogen (secondary N) is 2. The van der Waals surface area contributed by atoms with Gasteiger partial charge >= 0.3 is 0 Å². The van der Waals surface area contributed by atoms with Gasteiger partial charge in [0.1, 0.15) is 18.0 Å². The summed E-state index contributed by atoms with van der Waals surface area (Å²) in [5.41, 5.74) is 3.49. The first-order valence-corrected chi connectivity index (χ1v) is 5.96. The Bertz CT molecular complexity index is 552. The highest BCUT2D eigenvalue weighted by Gasteiger charge is 2.14. The molecular weight excluding hydrogens is 246 g/mol. The molecule has 0 aliphatic rings. The molecule has 2 aromatic rings. The van der Waals surface area contributed by atoms with Gasteiger partial charge in [0.05, 0.1) is 6.54 Å². The summed E-state index contributed by atoms with van der Waals surface area (Å²) in [6.07, 6.45) is 1.45. The molecule has 0 spiro atoms. The SMILES string of the molecule is Cc1noc(CNc2ncnc(NN)c2C(C)C)n1. The van der Waals surface area contributed by atoms with E-state index in [9.17, 15) is 0 Å². The minimum atomic E-state index is 0.221. The Hall–Kier alpha value is -2.22. The Morgan fingerprint density at radius 1 is 1.32 bits per heavy atom. The molecule has 0 radical (unpaired) electrons. The third-order valence-electron chi connectivity index (χ3n) is 2.57. The van der Waals surface area contributed by atoms with E-state index in [2.05, 4.69) is 30.9 Å². The normalized spacial score (nSPS) is 10.8. The van der Waals surface area contributed by atoms with Gasteiger partial charge in [-0.15, -0.1) is 0 Å². The molecule has 0 saturated heterocycles. The van der Waals surface area contributed by atoms with Crippen molar-refractivity contribution in [2.75, 3.05) is 10.7 Å². The van der Waals surface area contributed by atoms with Gasteiger partial charge in [0.25, 0.3) is 0 Å². The lowest BCUT2D eigenvalue weighted by Crippen LogP contribution is -2.15. The molecule has 4 N–H and O–H groups in total. The molecule has 0 atom stereocenters. The molecule has 8 heteroatoms. The van der Waals surface area contributed by atoms with Crippen molar-refractivity contribution >= 4 is 11.6 Å². The maximum Gasteiger partial charge on any atom is 0.245 e. The van der Waals surface area contributed by atoms with Gasteiger partial charge in [0.2, 0.25) is 5.89 Å². The summed E-state index contributed by atoms with van der Waals surface area (Å²) in [5.74, 6) is 8.10. The van der Waals surface area contributed by atoms with Gasteiger partial charge in [-0.2, -0.15) is 4.98 Å². The summed E-state index contributed by atoms with van der Waals surface area (Å²) < 4.78 is 5.04. The van der Waals surface area contributed by atoms with Crippen LogP contribution in [0.3, 0.4) is 0 Å². The second-order valence-electron chi connectivity index (χ2n) is 4.37. The smallest absolute Gasteiger partial charge is 0.245 e. The minimum absolute atomic E-state index is 0.221. The Labute approximate surface area is 110 Å². The molecule has 19 heavy (non-hydrogen) atoms. The van der Waals surface area contributed by atoms with Gasteiger partial charge in [0, 0.05) is 5.56 Å². The first kappa shape index (κ1) is 13.2. The van der Waals surface area contributed by atoms with Crippen LogP contribution in [0.15, 0.2) is 10.9 Å². The van der Waals surface area contributed by atoms with Gasteiger partial charge in [-0.3, -0.25) is 0 Å². The van der Waals surface area contributed by atoms with E-state index in [1.165, 1.54) is 6.33 Å². The average molecular weight is 263 g/mol. The second-order valence-corrected chi connectivity index (χ2v) is 4.37. The maximum atomic E-state index is 5.46. The lowest BCUT2D eigenvalue weighted by atomic mass is 10.0. The van der Waals surface area contributed by atoms with Crippen LogP contribution in [-0.4, -0.2) is 20.1 Å². The number of hydrazine groups is 1. The van der Waals surface area contributed by atoms with E-state index in [-0.39, 0.29) is 5.92 Å². The van der Waals surface area contributed by atoms with E-state index < -0.39 is 0 Å². The van der Waals surface area contributed by atoms with Crippen LogP contribution in [0.2, 0.25) is 0 Å². The molecule has 8 nitrogen and oxygen atoms in total. The molecule has 0 aliphatic carbocycles. The van der Waals surface area contributed by atoms with Crippen LogP contribution < -0.4 is 16.6 Å². The Kier molecular flexibility index (Phi) is 3.91. The van der Waals surface area contributed by atoms with Crippen molar-refractivity contribution < 1.29 is 4.52 Å². The number of rotatable bonds is 5. The molecule has 0 saturated carbocycles. The lowest BCUT2D eigenvalue weighted by molar-refractivity contribution is 0.379. The first-order valence-electron chi connectivity index (χ1n) is 5.96. The summed E-state index contributed by atoms with van der Waals surface area (Å²) in [6, 6.07) is 0. The summed E-state index contributed by atoms with van der Waals surface area (Å²) in [7, 11) is 0. The number of anilines is 2. The number of nitrogens with two attached hydrogens (primary N) is 1. The van der Waals surface area contributed by atoms with Crippen molar-refractivity contribution in [1.82, 2.24) is 20.1 Å². The van der Waals surface area contributed by atoms with Gasteiger partial charge in [-0.1, -0.05) is 19.0 Å². The predicted octanol–water partition coefficient (Wildman–Crippen LogP) is 1.19. The quantitative estimate of drug-likeness (QED) is 0.544. The van der Waals surface area contributed by atoms with E-state index in [1.54, 1.807) is 6.92 Å². The molecule has 0 amide bonds. The van der Waals surface area contributed by atoms with Gasteiger partial charge in [-0.25, -0.2) is 15.8 Å². The summed E-state index contributed by atoms with van der Waals surface area (Å²) >= 11 is 0. The van der Waals surface area contributed by atoms with E-state index in [0.717, 1.165) is 5.56 Å². The van der Waals surface area contributed by atoms with E-state index in [4.69, 9.17) is 10.4 Å². The highest BCUT2D eigenvalue weighted by molar-refractivity contribution is 5.58. The van der Waals surface area contributed by atoms with Crippen LogP contribution in [0.25, 0.3) is 0 Å². The average Bonchev–Trinajstić information content (AvgIpc) is 2.81. The van der Waals surface area contributed by atoms with Crippen molar-refractivity contribution in [2.24, 2.45) is 5.84 Å². The molecule has 0 aromatic carbocycles. The van der Waals surface area contributed by atoms with Gasteiger partial charge in [0.15, 0.2) is 5.82 Å². The molecule has 2 rings (SSSR count). The van der Waals surface area contributed by atoms with Crippen LogP contribution in [0.4, 0.5) is 11.6 Å². The number of aryl methyl sites for hydroxylation is 1. The Morgan fingerprint density at radius 3 is 2.63 bits per heavy atom. The van der Waals surface area contributed by atoms with Crippen molar-refractivity contribution in [3.63, 3.8) is 0 Å². The van der Waals surface area contributed by atoms with Crippen molar-refractivity contribution in [1.29, 1.82) is 0 Å². The largest absolute Gasteiger partial charge is 0.361 e. The summed E-state index contributed by atoms with van der Waals surface area (Å²) in [5, 5.41) is 6.88. The fraction of sp³-hybridized carbons (Fsp3) is 0.455. The van der Waals surface area contributed by atoms with Crippen LogP contribution in [0.1, 0.15) is 37.0 Å². The van der Waals surface area contributed by atoms with Crippen LogP contribution >= 0.6 is 0 Å². The second kappa shape index (κ2) is 5.61. The molecule has 0 unspecified atom stereocenters. The van der Waals surface area contributed by atoms with Crippen molar-refractivity contribution in [3.05, 3.63) is 23.6 Å². The Balaban J connectivity index is 2.19. The number of hydrogen-bond acceptors (Lipinski definition) is 8. The molecule has 2 aromatic heterocycles. The highest BCUT2D eigenvalue weighted by Crippen LogP contribution is 2.27. The standard InChI is InChI=1S/C11H17N7O/c1-6(2)9-10(14-5-15-11(9)17-12)13-4-8-16-7(3)18-19-8/h5-6H,4,12H2,1-3H3,(H2,13,14,15,17). The predicted molar refractivity (Wildman–Crippen MR) is 70.3 cm³/mol. The number of nitrogen functional groups attached to an aromatic ring is 1. The van der Waals surface area contributed by atoms with E-state index >= 15 is 0 Å². The van der Waals surface area contributed by atoms with E-state index in [1.807, 2.05) is 13.8 Å². The number of aromatic nitrogens is 4. The molecule has 2 heterocycles. The first-order chi connectivity index (χ1) is 9.11. The third kappa shape index (κ3) is 2.97. The van der Waals surface area contributed by atoms with Crippen molar-refractivity contribution in [2.45, 2.75) is 33.2 Å². The van der Waals surface area contributed by atoms with Crippen LogP contribution in [-0.2, 0) is 6.54 Å². The molecular formula is C11H17N7O. The number of hydrogen-bond donors (Lipinski definition) is 3. The van der Waals surface area contributed by atoms with Crippen LogP contribution in [0, 0.1) is 6.92 Å². The monoisotopic (exact) mass is 263 g/mol. The number of nitrogens with zero attached hydrogens (tertiary/aromatic N) is 4. The molecule has 0 bridgehead atoms. The fourth-order valence-electron chi connectivity index (χ4n) is 1.77. The fourth-order valence-corrected chi connectivity index (χ4v) is 1.77. The molecule has 0 aliphatic heterocycles. The third-order valence-corrected chi connectivity index (χ3v) is 2.57. The lowest BCUT2D eigenvalue weighted by Gasteiger charge is -2.15. The Morgan fingerprint density at radius 2 is 2.05 bits per heavy atom. The topological polar surface area (TPSA) is 115 Å². The van der Waals surface area contributed by atoms with Gasteiger partial charge in [-0.05, 0) is 12.8 Å². The highest BCUT2D eigenvalue weighted by atomic mass is 16.5. The molecule has 102 valence electrons.